The van der Waals surface area contributed by atoms with Crippen molar-refractivity contribution >= 4 is 21.6 Å². The lowest BCUT2D eigenvalue weighted by Crippen LogP contribution is -2.23. The van der Waals surface area contributed by atoms with Gasteiger partial charge < -0.3 is 5.11 Å². The number of sulfonamides is 1. The fraction of sp³-hybridized carbons (Fsp3) is 0.200. The zero-order chi connectivity index (χ0) is 19.8. The van der Waals surface area contributed by atoms with Crippen LogP contribution in [0.2, 0.25) is 0 Å². The molecule has 2 aromatic carbocycles. The molecule has 1 aliphatic rings. The number of phenols is 1. The summed E-state index contributed by atoms with van der Waals surface area (Å²) < 4.78 is 23.5. The van der Waals surface area contributed by atoms with Crippen LogP contribution in [0.15, 0.2) is 52.9 Å². The number of carbonyl (C=O) groups is 2. The molecule has 0 bridgehead atoms. The van der Waals surface area contributed by atoms with Gasteiger partial charge in [0.1, 0.15) is 5.75 Å². The first-order valence-corrected chi connectivity index (χ1v) is 10.0. The molecule has 0 saturated heterocycles. The Morgan fingerprint density at radius 3 is 2.44 bits per heavy atom. The predicted molar refractivity (Wildman–Crippen MR) is 100 cm³/mol. The van der Waals surface area contributed by atoms with Gasteiger partial charge in [-0.2, -0.15) is 0 Å². The Hall–Kier alpha value is -2.77. The lowest BCUT2D eigenvalue weighted by molar-refractivity contribution is 0.0980. The number of hydrogen-bond donors (Lipinski definition) is 2. The summed E-state index contributed by atoms with van der Waals surface area (Å²) in [6.45, 7) is 2.02. The summed E-state index contributed by atoms with van der Waals surface area (Å²) in [5.41, 5.74) is 1.73. The van der Waals surface area contributed by atoms with E-state index in [0.29, 0.717) is 5.56 Å². The van der Waals surface area contributed by atoms with Crippen LogP contribution in [0.5, 0.6) is 5.75 Å². The SMILES string of the molecule is CCCc1cc(O)cc(CC2=CC(=O)c3c(cccc3S(N)(=O)=O)C2=O)c1. The second kappa shape index (κ2) is 7.09. The minimum Gasteiger partial charge on any atom is -0.508 e. The Bertz CT molecular complexity index is 1080. The zero-order valence-electron chi connectivity index (χ0n) is 14.7. The number of aromatic hydroxyl groups is 1. The molecule has 27 heavy (non-hydrogen) atoms. The van der Waals surface area contributed by atoms with Gasteiger partial charge in [-0.15, -0.1) is 0 Å². The summed E-state index contributed by atoms with van der Waals surface area (Å²) in [4.78, 5) is 25.0. The molecule has 0 saturated carbocycles. The van der Waals surface area contributed by atoms with Crippen LogP contribution in [-0.4, -0.2) is 25.1 Å². The highest BCUT2D eigenvalue weighted by Gasteiger charge is 2.30. The lowest BCUT2D eigenvalue weighted by atomic mass is 9.86. The van der Waals surface area contributed by atoms with E-state index in [4.69, 9.17) is 5.14 Å². The van der Waals surface area contributed by atoms with Gasteiger partial charge in [0.15, 0.2) is 11.6 Å². The van der Waals surface area contributed by atoms with E-state index in [2.05, 4.69) is 0 Å². The summed E-state index contributed by atoms with van der Waals surface area (Å²) in [6, 6.07) is 9.13. The normalized spacial score (nSPS) is 14.1. The third-order valence-corrected chi connectivity index (χ3v) is 5.34. The highest BCUT2D eigenvalue weighted by atomic mass is 32.2. The number of fused-ring (bicyclic) bond motifs is 1. The molecule has 0 atom stereocenters. The van der Waals surface area contributed by atoms with Crippen molar-refractivity contribution in [2.45, 2.75) is 31.1 Å². The minimum atomic E-state index is -4.13. The number of Topliss-reactive ketones (excluding diaryl/α,β-unsaturated/α-hetero) is 1. The van der Waals surface area contributed by atoms with Gasteiger partial charge in [0.2, 0.25) is 10.0 Å². The fourth-order valence-corrected chi connectivity index (χ4v) is 4.07. The smallest absolute Gasteiger partial charge is 0.238 e. The number of benzene rings is 2. The molecule has 0 aliphatic heterocycles. The van der Waals surface area contributed by atoms with Crippen LogP contribution in [0, 0.1) is 0 Å². The molecule has 1 aliphatic carbocycles. The molecule has 0 amide bonds. The lowest BCUT2D eigenvalue weighted by Gasteiger charge is -2.17. The second-order valence-electron chi connectivity index (χ2n) is 6.52. The number of carbonyl (C=O) groups excluding carboxylic acids is 2. The Morgan fingerprint density at radius 1 is 1.07 bits per heavy atom. The third kappa shape index (κ3) is 3.84. The quantitative estimate of drug-likeness (QED) is 0.821. The van der Waals surface area contributed by atoms with Gasteiger partial charge in [0, 0.05) is 17.6 Å². The van der Waals surface area contributed by atoms with Crippen molar-refractivity contribution in [3.8, 4) is 5.75 Å². The van der Waals surface area contributed by atoms with Crippen molar-refractivity contribution < 1.29 is 23.1 Å². The highest BCUT2D eigenvalue weighted by molar-refractivity contribution is 7.89. The Labute approximate surface area is 157 Å². The molecule has 140 valence electrons. The second-order valence-corrected chi connectivity index (χ2v) is 8.05. The summed E-state index contributed by atoms with van der Waals surface area (Å²) in [7, 11) is -4.13. The van der Waals surface area contributed by atoms with Crippen LogP contribution in [0.4, 0.5) is 0 Å². The molecule has 0 spiro atoms. The monoisotopic (exact) mass is 385 g/mol. The van der Waals surface area contributed by atoms with E-state index in [9.17, 15) is 23.1 Å². The number of allylic oxidation sites excluding steroid dienone is 2. The standard InChI is InChI=1S/C20H19NO5S/c1-2-4-12-7-13(10-15(22)9-12)8-14-11-17(23)19-16(20(14)24)5-3-6-18(19)27(21,25)26/h3,5-7,9-11,22H,2,4,8H2,1H3,(H2,21,25,26). The molecule has 0 fully saturated rings. The van der Waals surface area contributed by atoms with Crippen molar-refractivity contribution in [3.63, 3.8) is 0 Å². The molecule has 0 heterocycles. The summed E-state index contributed by atoms with van der Waals surface area (Å²) >= 11 is 0. The molecular weight excluding hydrogens is 366 g/mol. The van der Waals surface area contributed by atoms with Gasteiger partial charge in [-0.25, -0.2) is 13.6 Å². The van der Waals surface area contributed by atoms with E-state index < -0.39 is 21.6 Å². The van der Waals surface area contributed by atoms with Gasteiger partial charge in [0.25, 0.3) is 0 Å². The minimum absolute atomic E-state index is 0.0259. The number of rotatable bonds is 5. The maximum Gasteiger partial charge on any atom is 0.238 e. The van der Waals surface area contributed by atoms with Crippen molar-refractivity contribution in [3.05, 3.63) is 70.3 Å². The molecule has 2 aromatic rings. The van der Waals surface area contributed by atoms with Gasteiger partial charge in [-0.05, 0) is 41.8 Å². The molecule has 7 heteroatoms. The van der Waals surface area contributed by atoms with E-state index >= 15 is 0 Å². The summed E-state index contributed by atoms with van der Waals surface area (Å²) in [6.07, 6.45) is 3.01. The molecule has 0 unspecified atom stereocenters. The van der Waals surface area contributed by atoms with Crippen LogP contribution < -0.4 is 5.14 Å². The number of aryl methyl sites for hydroxylation is 1. The summed E-state index contributed by atoms with van der Waals surface area (Å²) in [5.74, 6) is -0.892. The van der Waals surface area contributed by atoms with Crippen molar-refractivity contribution in [1.82, 2.24) is 0 Å². The Kier molecular flexibility index (Phi) is 4.99. The van der Waals surface area contributed by atoms with Crippen LogP contribution in [0.3, 0.4) is 0 Å². The third-order valence-electron chi connectivity index (χ3n) is 4.39. The van der Waals surface area contributed by atoms with Crippen LogP contribution in [-0.2, 0) is 22.9 Å². The van der Waals surface area contributed by atoms with Crippen molar-refractivity contribution in [2.75, 3.05) is 0 Å². The zero-order valence-corrected chi connectivity index (χ0v) is 15.5. The van der Waals surface area contributed by atoms with E-state index in [-0.39, 0.29) is 33.8 Å². The van der Waals surface area contributed by atoms with Gasteiger partial charge >= 0.3 is 0 Å². The maximum atomic E-state index is 12.8. The predicted octanol–water partition coefficient (Wildman–Crippen LogP) is 2.54. The Morgan fingerprint density at radius 2 is 1.78 bits per heavy atom. The molecular formula is C20H19NO5S. The average Bonchev–Trinajstić information content (AvgIpc) is 2.58. The number of phenolic OH excluding ortho intramolecular Hbond substituents is 1. The first-order chi connectivity index (χ1) is 12.7. The molecule has 0 aromatic heterocycles. The summed E-state index contributed by atoms with van der Waals surface area (Å²) in [5, 5.41) is 15.1. The van der Waals surface area contributed by atoms with Crippen LogP contribution in [0.1, 0.15) is 45.2 Å². The topological polar surface area (TPSA) is 115 Å². The first kappa shape index (κ1) is 19.0. The first-order valence-electron chi connectivity index (χ1n) is 8.48. The molecule has 3 rings (SSSR count). The van der Waals surface area contributed by atoms with E-state index in [0.717, 1.165) is 24.5 Å². The number of ketones is 2. The number of nitrogens with two attached hydrogens (primary N) is 1. The largest absolute Gasteiger partial charge is 0.508 e. The number of primary sulfonamides is 1. The molecule has 3 N–H and O–H groups in total. The highest BCUT2D eigenvalue weighted by Crippen LogP contribution is 2.29. The maximum absolute atomic E-state index is 12.8. The van der Waals surface area contributed by atoms with Gasteiger partial charge in [-0.3, -0.25) is 9.59 Å². The van der Waals surface area contributed by atoms with Gasteiger partial charge in [0.05, 0.1) is 10.5 Å². The van der Waals surface area contributed by atoms with Crippen LogP contribution >= 0.6 is 0 Å². The van der Waals surface area contributed by atoms with E-state index in [1.165, 1.54) is 18.2 Å². The molecule has 6 nitrogen and oxygen atoms in total. The fourth-order valence-electron chi connectivity index (χ4n) is 3.31. The number of hydrogen-bond acceptors (Lipinski definition) is 5. The van der Waals surface area contributed by atoms with Crippen LogP contribution in [0.25, 0.3) is 0 Å². The van der Waals surface area contributed by atoms with Crippen molar-refractivity contribution in [2.24, 2.45) is 5.14 Å². The average molecular weight is 385 g/mol. The Balaban J connectivity index is 2.01. The molecule has 0 radical (unpaired) electrons. The van der Waals surface area contributed by atoms with Gasteiger partial charge in [-0.1, -0.05) is 31.5 Å². The van der Waals surface area contributed by atoms with Crippen molar-refractivity contribution in [1.29, 1.82) is 0 Å². The van der Waals surface area contributed by atoms with E-state index in [1.807, 2.05) is 13.0 Å². The van der Waals surface area contributed by atoms with E-state index in [1.54, 1.807) is 12.1 Å².